The summed E-state index contributed by atoms with van der Waals surface area (Å²) in [6, 6.07) is 4.66. The van der Waals surface area contributed by atoms with Gasteiger partial charge in [0.2, 0.25) is 0 Å². The van der Waals surface area contributed by atoms with E-state index in [1.165, 1.54) is 6.07 Å². The van der Waals surface area contributed by atoms with Gasteiger partial charge in [0.05, 0.1) is 0 Å². The molecule has 0 unspecified atom stereocenters. The smallest absolute Gasteiger partial charge is 0.150 e. The van der Waals surface area contributed by atoms with Crippen LogP contribution in [-0.2, 0) is 0 Å². The quantitative estimate of drug-likeness (QED) is 0.590. The molecule has 1 heterocycles. The first-order chi connectivity index (χ1) is 4.88. The van der Waals surface area contributed by atoms with Crippen molar-refractivity contribution in [2.75, 3.05) is 0 Å². The summed E-state index contributed by atoms with van der Waals surface area (Å²) < 4.78 is 12.7. The maximum atomic E-state index is 12.7. The second kappa shape index (κ2) is 1.76. The Hall–Kier alpha value is -1.45. The van der Waals surface area contributed by atoms with Gasteiger partial charge in [0.15, 0.2) is 5.82 Å². The molecule has 1 N–H and O–H groups in total. The van der Waals surface area contributed by atoms with E-state index in [0.717, 1.165) is 0 Å². The largest absolute Gasteiger partial charge is 0.255 e. The summed E-state index contributed by atoms with van der Waals surface area (Å²) in [7, 11) is 0. The molecule has 4 heteroatoms. The number of para-hydroxylation sites is 1. The zero-order valence-electron chi connectivity index (χ0n) is 5.00. The van der Waals surface area contributed by atoms with Crippen molar-refractivity contribution in [1.29, 1.82) is 0 Å². The van der Waals surface area contributed by atoms with Gasteiger partial charge in [-0.1, -0.05) is 11.3 Å². The Bertz CT molecular complexity index is 355. The van der Waals surface area contributed by atoms with Crippen molar-refractivity contribution in [1.82, 2.24) is 15.4 Å². The fourth-order valence-electron chi connectivity index (χ4n) is 0.836. The second-order valence-corrected chi connectivity index (χ2v) is 1.95. The number of nitrogens with one attached hydrogen (secondary N) is 1. The fraction of sp³-hybridized carbons (Fsp3) is 0. The summed E-state index contributed by atoms with van der Waals surface area (Å²) in [5, 5.41) is 9.53. The highest BCUT2D eigenvalue weighted by Gasteiger charge is 2.00. The van der Waals surface area contributed by atoms with Gasteiger partial charge >= 0.3 is 0 Å². The zero-order valence-corrected chi connectivity index (χ0v) is 5.00. The summed E-state index contributed by atoms with van der Waals surface area (Å²) in [4.78, 5) is 0. The van der Waals surface area contributed by atoms with Crippen molar-refractivity contribution in [3.63, 3.8) is 0 Å². The van der Waals surface area contributed by atoms with Gasteiger partial charge in [0, 0.05) is 0 Å². The van der Waals surface area contributed by atoms with Crippen LogP contribution in [0.2, 0.25) is 0 Å². The molecular formula is C6H4FN3. The lowest BCUT2D eigenvalue weighted by Crippen LogP contribution is -1.75. The normalized spacial score (nSPS) is 10.5. The highest BCUT2D eigenvalue weighted by atomic mass is 19.1. The number of fused-ring (bicyclic) bond motifs is 1. The molecule has 0 saturated heterocycles. The summed E-state index contributed by atoms with van der Waals surface area (Å²) >= 11 is 0. The topological polar surface area (TPSA) is 41.6 Å². The molecule has 0 fully saturated rings. The van der Waals surface area contributed by atoms with E-state index in [2.05, 4.69) is 15.4 Å². The number of aromatic nitrogens is 3. The summed E-state index contributed by atoms with van der Waals surface area (Å²) in [6.45, 7) is 0. The molecule has 1 aromatic carbocycles. The molecule has 2 rings (SSSR count). The maximum Gasteiger partial charge on any atom is 0.150 e. The van der Waals surface area contributed by atoms with Gasteiger partial charge in [0.1, 0.15) is 11.0 Å². The standard InChI is InChI=1S/C6H4FN3/c7-4-2-1-3-5-6(4)9-10-8-5/h1-3H,(H,8,9,10). The number of nitrogens with zero attached hydrogens (tertiary/aromatic N) is 2. The van der Waals surface area contributed by atoms with E-state index in [9.17, 15) is 4.39 Å². The van der Waals surface area contributed by atoms with Gasteiger partial charge in [-0.25, -0.2) is 4.39 Å². The van der Waals surface area contributed by atoms with Crippen LogP contribution >= 0.6 is 0 Å². The molecule has 0 spiro atoms. The van der Waals surface area contributed by atoms with Gasteiger partial charge in [-0.05, 0) is 12.1 Å². The van der Waals surface area contributed by atoms with Crippen LogP contribution in [0.25, 0.3) is 11.0 Å². The minimum Gasteiger partial charge on any atom is -0.255 e. The predicted molar refractivity (Wildman–Crippen MR) is 33.8 cm³/mol. The molecule has 0 aliphatic rings. The van der Waals surface area contributed by atoms with Crippen LogP contribution in [0.3, 0.4) is 0 Å². The van der Waals surface area contributed by atoms with Crippen molar-refractivity contribution in [3.05, 3.63) is 24.0 Å². The fourth-order valence-corrected chi connectivity index (χ4v) is 0.836. The third kappa shape index (κ3) is 0.586. The van der Waals surface area contributed by atoms with E-state index in [0.29, 0.717) is 11.0 Å². The minimum absolute atomic E-state index is 0.317. The first-order valence-electron chi connectivity index (χ1n) is 2.83. The maximum absolute atomic E-state index is 12.7. The molecule has 0 bridgehead atoms. The van der Waals surface area contributed by atoms with Crippen LogP contribution in [0.1, 0.15) is 0 Å². The third-order valence-electron chi connectivity index (χ3n) is 1.31. The van der Waals surface area contributed by atoms with E-state index in [-0.39, 0.29) is 5.82 Å². The van der Waals surface area contributed by atoms with Crippen LogP contribution in [0.5, 0.6) is 0 Å². The Labute approximate surface area is 55.9 Å². The van der Waals surface area contributed by atoms with E-state index in [1.54, 1.807) is 12.1 Å². The molecule has 0 radical (unpaired) electrons. The second-order valence-electron chi connectivity index (χ2n) is 1.95. The molecule has 50 valence electrons. The lowest BCUT2D eigenvalue weighted by Gasteiger charge is -1.85. The van der Waals surface area contributed by atoms with Crippen molar-refractivity contribution in [3.8, 4) is 0 Å². The van der Waals surface area contributed by atoms with Crippen molar-refractivity contribution in [2.45, 2.75) is 0 Å². The molecule has 10 heavy (non-hydrogen) atoms. The molecule has 3 nitrogen and oxygen atoms in total. The first-order valence-corrected chi connectivity index (χ1v) is 2.83. The molecule has 0 aliphatic carbocycles. The lowest BCUT2D eigenvalue weighted by atomic mass is 10.3. The van der Waals surface area contributed by atoms with Crippen LogP contribution in [0.4, 0.5) is 4.39 Å². The Kier molecular flexibility index (Phi) is 0.943. The Morgan fingerprint density at radius 3 is 3.10 bits per heavy atom. The van der Waals surface area contributed by atoms with Gasteiger partial charge in [-0.2, -0.15) is 0 Å². The van der Waals surface area contributed by atoms with Crippen LogP contribution in [-0.4, -0.2) is 15.4 Å². The van der Waals surface area contributed by atoms with Crippen LogP contribution in [0.15, 0.2) is 18.2 Å². The summed E-state index contributed by atoms with van der Waals surface area (Å²) in [6.07, 6.45) is 0. The van der Waals surface area contributed by atoms with Crippen molar-refractivity contribution < 1.29 is 4.39 Å². The Morgan fingerprint density at radius 1 is 1.40 bits per heavy atom. The third-order valence-corrected chi connectivity index (χ3v) is 1.31. The Morgan fingerprint density at radius 2 is 2.30 bits per heavy atom. The number of hydrogen-bond donors (Lipinski definition) is 1. The highest BCUT2D eigenvalue weighted by molar-refractivity contribution is 5.73. The van der Waals surface area contributed by atoms with E-state index >= 15 is 0 Å². The molecule has 2 aromatic rings. The van der Waals surface area contributed by atoms with E-state index in [4.69, 9.17) is 0 Å². The number of rotatable bonds is 0. The van der Waals surface area contributed by atoms with Crippen molar-refractivity contribution >= 4 is 11.0 Å². The number of benzene rings is 1. The molecule has 0 amide bonds. The molecule has 1 aromatic heterocycles. The number of H-pyrrole nitrogens is 1. The van der Waals surface area contributed by atoms with Gasteiger partial charge in [-0.3, -0.25) is 5.10 Å². The number of hydrogen-bond acceptors (Lipinski definition) is 2. The first kappa shape index (κ1) is 5.34. The molecular weight excluding hydrogens is 133 g/mol. The highest BCUT2D eigenvalue weighted by Crippen LogP contribution is 2.10. The predicted octanol–water partition coefficient (Wildman–Crippen LogP) is 1.10. The lowest BCUT2D eigenvalue weighted by molar-refractivity contribution is 0.636. The molecule has 0 aliphatic heterocycles. The average Bonchev–Trinajstić information content (AvgIpc) is 2.36. The van der Waals surface area contributed by atoms with Gasteiger partial charge < -0.3 is 0 Å². The summed E-state index contributed by atoms with van der Waals surface area (Å²) in [5.74, 6) is -0.317. The summed E-state index contributed by atoms with van der Waals surface area (Å²) in [5.41, 5.74) is 0.919. The van der Waals surface area contributed by atoms with Crippen LogP contribution in [0, 0.1) is 5.82 Å². The zero-order chi connectivity index (χ0) is 6.97. The number of aromatic amines is 1. The molecule has 0 atom stereocenters. The average molecular weight is 137 g/mol. The van der Waals surface area contributed by atoms with E-state index < -0.39 is 0 Å². The Balaban J connectivity index is 2.95. The monoisotopic (exact) mass is 137 g/mol. The van der Waals surface area contributed by atoms with Crippen LogP contribution < -0.4 is 0 Å². The SMILES string of the molecule is Fc1cccc2nn[nH]c12. The molecule has 0 saturated carbocycles. The van der Waals surface area contributed by atoms with Gasteiger partial charge in [0.25, 0.3) is 0 Å². The van der Waals surface area contributed by atoms with Gasteiger partial charge in [-0.15, -0.1) is 5.10 Å². The van der Waals surface area contributed by atoms with E-state index in [1.807, 2.05) is 0 Å². The minimum atomic E-state index is -0.317. The number of halogens is 1. The van der Waals surface area contributed by atoms with Crippen molar-refractivity contribution in [2.24, 2.45) is 0 Å².